The van der Waals surface area contributed by atoms with E-state index in [9.17, 15) is 13.2 Å². The number of alkyl halides is 3. The molecule has 0 saturated carbocycles. The molecule has 20 heavy (non-hydrogen) atoms. The molecule has 0 amide bonds. The molecule has 1 heterocycles. The van der Waals surface area contributed by atoms with Crippen LogP contribution in [0.15, 0.2) is 28.7 Å². The van der Waals surface area contributed by atoms with Crippen molar-refractivity contribution in [3.05, 3.63) is 35.7 Å². The van der Waals surface area contributed by atoms with Crippen molar-refractivity contribution < 1.29 is 17.6 Å². The van der Waals surface area contributed by atoms with Gasteiger partial charge >= 0.3 is 6.18 Å². The molecule has 0 saturated heterocycles. The minimum Gasteiger partial charge on any atom is -0.419 e. The second-order valence-corrected chi connectivity index (χ2v) is 4.24. The zero-order chi connectivity index (χ0) is 14.8. The molecule has 0 radical (unpaired) electrons. The molecule has 2 rings (SSSR count). The van der Waals surface area contributed by atoms with Gasteiger partial charge in [0.15, 0.2) is 0 Å². The molecule has 2 aromatic rings. The number of rotatable bonds is 4. The first-order chi connectivity index (χ1) is 9.47. The first-order valence-corrected chi connectivity index (χ1v) is 6.14. The Hall–Kier alpha value is -1.89. The molecule has 0 fully saturated rings. The highest BCUT2D eigenvalue weighted by Gasteiger charge is 2.34. The van der Waals surface area contributed by atoms with Crippen LogP contribution in [0.5, 0.6) is 0 Å². The summed E-state index contributed by atoms with van der Waals surface area (Å²) in [5, 5.41) is 10.5. The topological polar surface area (TPSA) is 51.0 Å². The Bertz CT molecular complexity index is 576. The van der Waals surface area contributed by atoms with Crippen molar-refractivity contribution >= 4 is 0 Å². The minimum atomic E-state index is -4.46. The Kier molecular flexibility index (Phi) is 4.08. The van der Waals surface area contributed by atoms with Crippen molar-refractivity contribution in [3.63, 3.8) is 0 Å². The highest BCUT2D eigenvalue weighted by Crippen LogP contribution is 2.36. The van der Waals surface area contributed by atoms with Crippen LogP contribution in [0, 0.1) is 0 Å². The number of nitrogens with one attached hydrogen (secondary N) is 1. The van der Waals surface area contributed by atoms with Crippen LogP contribution in [0.4, 0.5) is 13.2 Å². The first kappa shape index (κ1) is 14.5. The summed E-state index contributed by atoms with van der Waals surface area (Å²) in [5.41, 5.74) is -0.891. The lowest BCUT2D eigenvalue weighted by molar-refractivity contribution is -0.137. The van der Waals surface area contributed by atoms with E-state index in [0.717, 1.165) is 6.07 Å². The molecular weight excluding hydrogens is 271 g/mol. The molecule has 1 unspecified atom stereocenters. The van der Waals surface area contributed by atoms with Crippen LogP contribution in [0.2, 0.25) is 0 Å². The van der Waals surface area contributed by atoms with Gasteiger partial charge in [0.25, 0.3) is 0 Å². The number of aromatic nitrogens is 2. The van der Waals surface area contributed by atoms with Gasteiger partial charge in [-0.25, -0.2) is 0 Å². The standard InChI is InChI=1S/C13H14F3N3O/c1-3-10(17-2)12-19-18-11(20-12)8-6-4-5-7-9(8)13(14,15)16/h4-7,10,17H,3H2,1-2H3. The highest BCUT2D eigenvalue weighted by atomic mass is 19.4. The van der Waals surface area contributed by atoms with E-state index in [2.05, 4.69) is 15.5 Å². The van der Waals surface area contributed by atoms with E-state index in [0.29, 0.717) is 6.42 Å². The average molecular weight is 285 g/mol. The largest absolute Gasteiger partial charge is 0.419 e. The lowest BCUT2D eigenvalue weighted by Crippen LogP contribution is -2.15. The van der Waals surface area contributed by atoms with Crippen LogP contribution in [0.3, 0.4) is 0 Å². The van der Waals surface area contributed by atoms with Crippen molar-refractivity contribution in [2.45, 2.75) is 25.6 Å². The van der Waals surface area contributed by atoms with Crippen molar-refractivity contribution in [1.82, 2.24) is 15.5 Å². The minimum absolute atomic E-state index is 0.107. The van der Waals surface area contributed by atoms with Crippen molar-refractivity contribution in [1.29, 1.82) is 0 Å². The molecule has 1 aromatic heterocycles. The zero-order valence-corrected chi connectivity index (χ0v) is 11.0. The second-order valence-electron chi connectivity index (χ2n) is 4.24. The summed E-state index contributed by atoms with van der Waals surface area (Å²) < 4.78 is 44.2. The van der Waals surface area contributed by atoms with Crippen LogP contribution in [0.1, 0.15) is 30.8 Å². The number of benzene rings is 1. The molecule has 1 aromatic carbocycles. The fourth-order valence-corrected chi connectivity index (χ4v) is 1.90. The Labute approximate surface area is 114 Å². The predicted molar refractivity (Wildman–Crippen MR) is 66.8 cm³/mol. The zero-order valence-electron chi connectivity index (χ0n) is 11.0. The number of hydrogen-bond acceptors (Lipinski definition) is 4. The van der Waals surface area contributed by atoms with Gasteiger partial charge in [0.2, 0.25) is 11.8 Å². The third kappa shape index (κ3) is 2.82. The summed E-state index contributed by atoms with van der Waals surface area (Å²) >= 11 is 0. The van der Waals surface area contributed by atoms with Crippen LogP contribution in [-0.4, -0.2) is 17.2 Å². The molecule has 0 aliphatic rings. The van der Waals surface area contributed by atoms with Gasteiger partial charge in [-0.3, -0.25) is 0 Å². The van der Waals surface area contributed by atoms with E-state index in [1.807, 2.05) is 6.92 Å². The number of nitrogens with zero attached hydrogens (tertiary/aromatic N) is 2. The van der Waals surface area contributed by atoms with Gasteiger partial charge in [0.1, 0.15) is 0 Å². The van der Waals surface area contributed by atoms with Crippen LogP contribution in [-0.2, 0) is 6.18 Å². The maximum absolute atomic E-state index is 12.9. The van der Waals surface area contributed by atoms with Gasteiger partial charge < -0.3 is 9.73 Å². The molecule has 4 nitrogen and oxygen atoms in total. The molecule has 0 bridgehead atoms. The molecule has 0 spiro atoms. The first-order valence-electron chi connectivity index (χ1n) is 6.14. The quantitative estimate of drug-likeness (QED) is 0.935. The van der Waals surface area contributed by atoms with E-state index in [-0.39, 0.29) is 23.4 Å². The molecule has 7 heteroatoms. The van der Waals surface area contributed by atoms with Crippen LogP contribution in [0.25, 0.3) is 11.5 Å². The third-order valence-corrected chi connectivity index (χ3v) is 2.96. The van der Waals surface area contributed by atoms with E-state index in [1.165, 1.54) is 18.2 Å². The van der Waals surface area contributed by atoms with Crippen LogP contribution < -0.4 is 5.32 Å². The maximum atomic E-state index is 12.9. The fraction of sp³-hybridized carbons (Fsp3) is 0.385. The van der Waals surface area contributed by atoms with Crippen molar-refractivity contribution in [2.75, 3.05) is 7.05 Å². The Morgan fingerprint density at radius 2 is 1.95 bits per heavy atom. The average Bonchev–Trinajstić information content (AvgIpc) is 2.89. The van der Waals surface area contributed by atoms with Gasteiger partial charge in [0.05, 0.1) is 17.2 Å². The SMILES string of the molecule is CCC(NC)c1nnc(-c2ccccc2C(F)(F)F)o1. The van der Waals surface area contributed by atoms with E-state index in [1.54, 1.807) is 7.05 Å². The van der Waals surface area contributed by atoms with Gasteiger partial charge in [-0.2, -0.15) is 13.2 Å². The predicted octanol–water partition coefficient (Wildman–Crippen LogP) is 3.43. The molecule has 0 aliphatic carbocycles. The Morgan fingerprint density at radius 3 is 2.55 bits per heavy atom. The van der Waals surface area contributed by atoms with Crippen molar-refractivity contribution in [3.8, 4) is 11.5 Å². The molecular formula is C13H14F3N3O. The lowest BCUT2D eigenvalue weighted by Gasteiger charge is -2.10. The monoisotopic (exact) mass is 285 g/mol. The Morgan fingerprint density at radius 1 is 1.25 bits per heavy atom. The molecule has 0 aliphatic heterocycles. The molecule has 1 atom stereocenters. The third-order valence-electron chi connectivity index (χ3n) is 2.96. The molecule has 108 valence electrons. The van der Waals surface area contributed by atoms with E-state index < -0.39 is 11.7 Å². The van der Waals surface area contributed by atoms with Gasteiger partial charge in [-0.1, -0.05) is 19.1 Å². The Balaban J connectivity index is 2.43. The highest BCUT2D eigenvalue weighted by molar-refractivity contribution is 5.59. The number of hydrogen-bond donors (Lipinski definition) is 1. The van der Waals surface area contributed by atoms with Crippen LogP contribution >= 0.6 is 0 Å². The summed E-state index contributed by atoms with van der Waals surface area (Å²) in [6.07, 6.45) is -3.77. The van der Waals surface area contributed by atoms with Gasteiger partial charge in [0, 0.05) is 0 Å². The summed E-state index contributed by atoms with van der Waals surface area (Å²) in [6, 6.07) is 4.97. The summed E-state index contributed by atoms with van der Waals surface area (Å²) in [5.74, 6) is 0.156. The maximum Gasteiger partial charge on any atom is 0.417 e. The second kappa shape index (κ2) is 5.62. The molecule has 1 N–H and O–H groups in total. The smallest absolute Gasteiger partial charge is 0.417 e. The normalized spacial score (nSPS) is 13.4. The van der Waals surface area contributed by atoms with Gasteiger partial charge in [-0.15, -0.1) is 10.2 Å². The van der Waals surface area contributed by atoms with E-state index in [4.69, 9.17) is 4.42 Å². The summed E-state index contributed by atoms with van der Waals surface area (Å²) in [7, 11) is 1.72. The fourth-order valence-electron chi connectivity index (χ4n) is 1.90. The van der Waals surface area contributed by atoms with E-state index >= 15 is 0 Å². The summed E-state index contributed by atoms with van der Waals surface area (Å²) in [4.78, 5) is 0. The summed E-state index contributed by atoms with van der Waals surface area (Å²) in [6.45, 7) is 1.91. The lowest BCUT2D eigenvalue weighted by atomic mass is 10.1. The van der Waals surface area contributed by atoms with Crippen molar-refractivity contribution in [2.24, 2.45) is 0 Å². The van der Waals surface area contributed by atoms with Gasteiger partial charge in [-0.05, 0) is 25.6 Å². The number of halogens is 3.